The smallest absolute Gasteiger partial charge is 0.475 e. The average Bonchev–Trinajstić information content (AvgIpc) is 2.07. The lowest BCUT2D eigenvalue weighted by Crippen LogP contribution is -2.21. The first-order valence-corrected chi connectivity index (χ1v) is 3.95. The first-order valence-electron chi connectivity index (χ1n) is 3.95. The molecule has 0 aromatic carbocycles. The van der Waals surface area contributed by atoms with Crippen LogP contribution in [-0.2, 0) is 4.79 Å². The molecule has 14 heavy (non-hydrogen) atoms. The van der Waals surface area contributed by atoms with Crippen LogP contribution in [0.2, 0.25) is 0 Å². The lowest BCUT2D eigenvalue weighted by molar-refractivity contribution is -0.192. The number of carbonyl (C=O) groups is 1. The van der Waals surface area contributed by atoms with Gasteiger partial charge in [-0.1, -0.05) is 6.42 Å². The molecule has 1 saturated heterocycles. The molecule has 1 rings (SSSR count). The van der Waals surface area contributed by atoms with E-state index in [1.807, 2.05) is 0 Å². The molecule has 0 aromatic heterocycles. The second kappa shape index (κ2) is 7.54. The first kappa shape index (κ1) is 15.6. The van der Waals surface area contributed by atoms with Gasteiger partial charge >= 0.3 is 12.1 Å². The van der Waals surface area contributed by atoms with Gasteiger partial charge in [-0.05, 0) is 25.9 Å². The molecule has 0 atom stereocenters. The van der Waals surface area contributed by atoms with Gasteiger partial charge in [-0.2, -0.15) is 13.2 Å². The Balaban J connectivity index is 0. The molecule has 1 aliphatic rings. The van der Waals surface area contributed by atoms with E-state index >= 15 is 0 Å². The summed E-state index contributed by atoms with van der Waals surface area (Å²) in [4.78, 5) is 8.90. The lowest BCUT2D eigenvalue weighted by Gasteiger charge is -2.08. The summed E-state index contributed by atoms with van der Waals surface area (Å²) < 4.78 is 31.7. The van der Waals surface area contributed by atoms with Crippen LogP contribution in [0.5, 0.6) is 0 Å². The average molecular weight is 219 g/mol. The monoisotopic (exact) mass is 219 g/mol. The molecule has 2 N–H and O–H groups in total. The van der Waals surface area contributed by atoms with E-state index in [2.05, 4.69) is 5.32 Å². The van der Waals surface area contributed by atoms with Crippen molar-refractivity contribution in [2.24, 2.45) is 0 Å². The van der Waals surface area contributed by atoms with E-state index in [1.54, 1.807) is 0 Å². The van der Waals surface area contributed by atoms with Crippen molar-refractivity contribution < 1.29 is 27.8 Å². The van der Waals surface area contributed by atoms with Crippen LogP contribution in [0.15, 0.2) is 0 Å². The number of hydrogen-bond acceptors (Lipinski definition) is 2. The van der Waals surface area contributed by atoms with Crippen molar-refractivity contribution >= 4 is 5.97 Å². The second-order valence-electron chi connectivity index (χ2n) is 2.61. The van der Waals surface area contributed by atoms with Gasteiger partial charge in [0.25, 0.3) is 0 Å². The van der Waals surface area contributed by atoms with Gasteiger partial charge in [0.05, 0.1) is 0 Å². The summed E-state index contributed by atoms with van der Waals surface area (Å²) in [6.45, 7) is 2.50. The predicted octanol–water partition coefficient (Wildman–Crippen LogP) is 1.55. The highest BCUT2D eigenvalue weighted by molar-refractivity contribution is 5.73. The number of carboxylic acid groups (broad SMARTS) is 1. The Morgan fingerprint density at radius 1 is 1.14 bits per heavy atom. The Bertz CT molecular complexity index is 145. The van der Waals surface area contributed by atoms with Crippen molar-refractivity contribution in [1.29, 1.82) is 0 Å². The number of nitrogens with one attached hydrogen (secondary N) is 1. The minimum Gasteiger partial charge on any atom is -0.475 e. The second-order valence-corrected chi connectivity index (χ2v) is 2.61. The van der Waals surface area contributed by atoms with Gasteiger partial charge in [0, 0.05) is 0 Å². The number of rotatable bonds is 0. The molecule has 0 radical (unpaired) electrons. The molecule has 1 fully saturated rings. The number of carboxylic acids is 1. The fourth-order valence-electron chi connectivity index (χ4n) is 0.802. The third kappa shape index (κ3) is 9.24. The van der Waals surface area contributed by atoms with Crippen LogP contribution >= 0.6 is 0 Å². The molecule has 0 unspecified atom stereocenters. The lowest BCUT2D eigenvalue weighted by atomic mass is 10.2. The molecule has 86 valence electrons. The van der Waals surface area contributed by atoms with Crippen LogP contribution in [0.25, 0.3) is 0 Å². The maximum Gasteiger partial charge on any atom is 0.490 e. The highest BCUT2D eigenvalue weighted by atomic mass is 19.4. The third-order valence-electron chi connectivity index (χ3n) is 1.45. The van der Waals surface area contributed by atoms with Crippen molar-refractivity contribution in [3.8, 4) is 0 Å². The molecular weight excluding hydrogens is 206 g/mol. The van der Waals surface area contributed by atoms with Crippen LogP contribution in [0.1, 0.15) is 19.3 Å². The van der Waals surface area contributed by atoms with Gasteiger partial charge in [-0.3, -0.25) is 4.70 Å². The Morgan fingerprint density at radius 2 is 1.50 bits per heavy atom. The van der Waals surface area contributed by atoms with Crippen molar-refractivity contribution in [2.45, 2.75) is 25.4 Å². The number of hydrogen-bond donors (Lipinski definition) is 2. The number of aliphatic carboxylic acids is 1. The van der Waals surface area contributed by atoms with E-state index in [1.165, 1.54) is 32.4 Å². The zero-order chi connectivity index (χ0) is 10.3. The maximum absolute atomic E-state index is 10.6. The molecule has 0 spiro atoms. The summed E-state index contributed by atoms with van der Waals surface area (Å²) in [5.74, 6) is -2.76. The maximum atomic E-state index is 10.6. The quantitative estimate of drug-likeness (QED) is 0.607. The van der Waals surface area contributed by atoms with Gasteiger partial charge in [-0.25, -0.2) is 4.79 Å². The SMILES string of the molecule is C1CCNCC1.F.O=C(O)C(F)(F)F. The van der Waals surface area contributed by atoms with E-state index in [0.717, 1.165) is 0 Å². The van der Waals surface area contributed by atoms with Crippen molar-refractivity contribution in [3.63, 3.8) is 0 Å². The largest absolute Gasteiger partial charge is 0.490 e. The molecular formula is C7H13F4NO2. The Morgan fingerprint density at radius 3 is 1.57 bits per heavy atom. The number of alkyl halides is 3. The standard InChI is InChI=1S/C5H11N.C2HF3O2.FH/c1-2-4-6-5-3-1;3-2(4,5)1(6)7;/h6H,1-5H2;(H,6,7);1H. The van der Waals surface area contributed by atoms with E-state index in [-0.39, 0.29) is 4.70 Å². The minimum absolute atomic E-state index is 0. The Hall–Kier alpha value is -0.850. The summed E-state index contributed by atoms with van der Waals surface area (Å²) in [7, 11) is 0. The van der Waals surface area contributed by atoms with Gasteiger partial charge in [0.15, 0.2) is 0 Å². The molecule has 0 bridgehead atoms. The molecule has 7 heteroatoms. The summed E-state index contributed by atoms with van der Waals surface area (Å²) in [5, 5.41) is 10.4. The number of halogens is 4. The predicted molar refractivity (Wildman–Crippen MR) is 42.9 cm³/mol. The van der Waals surface area contributed by atoms with Crippen molar-refractivity contribution in [1.82, 2.24) is 5.32 Å². The Labute approximate surface area is 78.7 Å². The van der Waals surface area contributed by atoms with Gasteiger partial charge < -0.3 is 10.4 Å². The normalized spacial score (nSPS) is 15.9. The number of piperidine rings is 1. The minimum atomic E-state index is -5.08. The summed E-state index contributed by atoms with van der Waals surface area (Å²) >= 11 is 0. The van der Waals surface area contributed by atoms with Crippen LogP contribution in [0.4, 0.5) is 17.9 Å². The van der Waals surface area contributed by atoms with Crippen LogP contribution in [-0.4, -0.2) is 30.3 Å². The fourth-order valence-corrected chi connectivity index (χ4v) is 0.802. The van der Waals surface area contributed by atoms with Crippen molar-refractivity contribution in [2.75, 3.05) is 13.1 Å². The molecule has 0 saturated carbocycles. The fraction of sp³-hybridized carbons (Fsp3) is 0.857. The zero-order valence-electron chi connectivity index (χ0n) is 7.43. The van der Waals surface area contributed by atoms with Gasteiger partial charge in [0.1, 0.15) is 0 Å². The van der Waals surface area contributed by atoms with Gasteiger partial charge in [0.2, 0.25) is 0 Å². The molecule has 3 nitrogen and oxygen atoms in total. The topological polar surface area (TPSA) is 49.3 Å². The summed E-state index contributed by atoms with van der Waals surface area (Å²) in [5.41, 5.74) is 0. The molecule has 1 aliphatic heterocycles. The first-order chi connectivity index (χ1) is 5.94. The molecule has 0 aliphatic carbocycles. The van der Waals surface area contributed by atoms with E-state index in [4.69, 9.17) is 9.90 Å². The molecule has 1 heterocycles. The van der Waals surface area contributed by atoms with E-state index < -0.39 is 12.1 Å². The summed E-state index contributed by atoms with van der Waals surface area (Å²) in [6, 6.07) is 0. The Kier molecular flexibility index (Phi) is 8.41. The van der Waals surface area contributed by atoms with Crippen molar-refractivity contribution in [3.05, 3.63) is 0 Å². The molecule has 0 aromatic rings. The van der Waals surface area contributed by atoms with Crippen LogP contribution in [0.3, 0.4) is 0 Å². The highest BCUT2D eigenvalue weighted by Crippen LogP contribution is 2.13. The highest BCUT2D eigenvalue weighted by Gasteiger charge is 2.38. The van der Waals surface area contributed by atoms with E-state index in [9.17, 15) is 13.2 Å². The van der Waals surface area contributed by atoms with Gasteiger partial charge in [-0.15, -0.1) is 0 Å². The summed E-state index contributed by atoms with van der Waals surface area (Å²) in [6.07, 6.45) is -0.868. The van der Waals surface area contributed by atoms with Crippen LogP contribution < -0.4 is 5.32 Å². The molecule has 0 amide bonds. The third-order valence-corrected chi connectivity index (χ3v) is 1.45. The van der Waals surface area contributed by atoms with Crippen LogP contribution in [0, 0.1) is 0 Å². The zero-order valence-corrected chi connectivity index (χ0v) is 7.43. The van der Waals surface area contributed by atoms with E-state index in [0.29, 0.717) is 0 Å².